The first-order chi connectivity index (χ1) is 11.1. The third-order valence-corrected chi connectivity index (χ3v) is 5.66. The van der Waals surface area contributed by atoms with E-state index >= 15 is 0 Å². The standard InChI is InChI=1S/C16H22N2O5S/c1-10-8-11(2)14(9-13(10)16(20)21)17-15(19)12-4-6-18(7-5-12)24(3,22)23/h8-9,12H,4-7H2,1-3H3,(H,17,19)(H,20,21). The highest BCUT2D eigenvalue weighted by atomic mass is 32.2. The zero-order chi connectivity index (χ0) is 18.1. The Morgan fingerprint density at radius 2 is 1.75 bits per heavy atom. The summed E-state index contributed by atoms with van der Waals surface area (Å²) in [5.41, 5.74) is 2.07. The number of carbonyl (C=O) groups is 2. The Hall–Kier alpha value is -1.93. The third-order valence-electron chi connectivity index (χ3n) is 4.35. The number of carbonyl (C=O) groups excluding carboxylic acids is 1. The van der Waals surface area contributed by atoms with Crippen LogP contribution in [0.5, 0.6) is 0 Å². The molecule has 7 nitrogen and oxygen atoms in total. The van der Waals surface area contributed by atoms with Crippen LogP contribution in [0.2, 0.25) is 0 Å². The van der Waals surface area contributed by atoms with Gasteiger partial charge in [0.1, 0.15) is 0 Å². The summed E-state index contributed by atoms with van der Waals surface area (Å²) in [6.07, 6.45) is 2.07. The summed E-state index contributed by atoms with van der Waals surface area (Å²) < 4.78 is 24.4. The van der Waals surface area contributed by atoms with Crippen molar-refractivity contribution >= 4 is 27.6 Å². The Morgan fingerprint density at radius 3 is 2.25 bits per heavy atom. The molecule has 0 spiro atoms. The van der Waals surface area contributed by atoms with Crippen LogP contribution in [-0.2, 0) is 14.8 Å². The smallest absolute Gasteiger partial charge is 0.336 e. The van der Waals surface area contributed by atoms with E-state index in [0.29, 0.717) is 37.2 Å². The van der Waals surface area contributed by atoms with Crippen LogP contribution in [0.3, 0.4) is 0 Å². The number of aryl methyl sites for hydroxylation is 2. The SMILES string of the molecule is Cc1cc(C)c(C(=O)O)cc1NC(=O)C1CCN(S(C)(=O)=O)CC1. The lowest BCUT2D eigenvalue weighted by atomic mass is 9.96. The number of carboxylic acid groups (broad SMARTS) is 1. The van der Waals surface area contributed by atoms with E-state index in [2.05, 4.69) is 5.32 Å². The van der Waals surface area contributed by atoms with Crippen molar-refractivity contribution in [2.24, 2.45) is 5.92 Å². The van der Waals surface area contributed by atoms with E-state index in [9.17, 15) is 23.1 Å². The van der Waals surface area contributed by atoms with Gasteiger partial charge in [-0.05, 0) is 43.9 Å². The highest BCUT2D eigenvalue weighted by Gasteiger charge is 2.29. The molecule has 0 radical (unpaired) electrons. The van der Waals surface area contributed by atoms with Gasteiger partial charge in [0.05, 0.1) is 11.8 Å². The number of anilines is 1. The van der Waals surface area contributed by atoms with Crippen molar-refractivity contribution in [2.45, 2.75) is 26.7 Å². The lowest BCUT2D eigenvalue weighted by molar-refractivity contribution is -0.120. The molecule has 0 unspecified atom stereocenters. The van der Waals surface area contributed by atoms with Crippen LogP contribution < -0.4 is 5.32 Å². The summed E-state index contributed by atoms with van der Waals surface area (Å²) in [7, 11) is -3.22. The molecule has 24 heavy (non-hydrogen) atoms. The molecule has 2 rings (SSSR count). The molecular weight excluding hydrogens is 332 g/mol. The van der Waals surface area contributed by atoms with Crippen molar-refractivity contribution in [3.8, 4) is 0 Å². The van der Waals surface area contributed by atoms with Gasteiger partial charge in [0, 0.05) is 24.7 Å². The minimum absolute atomic E-state index is 0.155. The predicted octanol–water partition coefficient (Wildman–Crippen LogP) is 1.61. The van der Waals surface area contributed by atoms with Crippen LogP contribution in [-0.4, -0.2) is 49.1 Å². The second-order valence-electron chi connectivity index (χ2n) is 6.21. The maximum atomic E-state index is 12.4. The summed E-state index contributed by atoms with van der Waals surface area (Å²) in [6, 6.07) is 3.20. The van der Waals surface area contributed by atoms with Crippen molar-refractivity contribution in [1.82, 2.24) is 4.31 Å². The number of aromatic carboxylic acids is 1. The van der Waals surface area contributed by atoms with Gasteiger partial charge in [0.25, 0.3) is 0 Å². The van der Waals surface area contributed by atoms with Gasteiger partial charge in [-0.2, -0.15) is 0 Å². The molecule has 8 heteroatoms. The fourth-order valence-electron chi connectivity index (χ4n) is 2.90. The van der Waals surface area contributed by atoms with Crippen molar-refractivity contribution in [3.63, 3.8) is 0 Å². The fourth-order valence-corrected chi connectivity index (χ4v) is 3.78. The monoisotopic (exact) mass is 354 g/mol. The van der Waals surface area contributed by atoms with Gasteiger partial charge in [-0.3, -0.25) is 4.79 Å². The predicted molar refractivity (Wildman–Crippen MR) is 90.6 cm³/mol. The average molecular weight is 354 g/mol. The number of benzene rings is 1. The van der Waals surface area contributed by atoms with E-state index in [1.165, 1.54) is 10.4 Å². The number of rotatable bonds is 4. The maximum Gasteiger partial charge on any atom is 0.336 e. The molecule has 1 aromatic carbocycles. The number of carboxylic acids is 1. The van der Waals surface area contributed by atoms with Gasteiger partial charge in [0.15, 0.2) is 0 Å². The van der Waals surface area contributed by atoms with Gasteiger partial charge in [0.2, 0.25) is 15.9 Å². The molecule has 0 saturated carbocycles. The number of nitrogens with zero attached hydrogens (tertiary/aromatic N) is 1. The molecule has 1 saturated heterocycles. The van der Waals surface area contributed by atoms with Gasteiger partial charge in [-0.15, -0.1) is 0 Å². The summed E-state index contributed by atoms with van der Waals surface area (Å²) >= 11 is 0. The van der Waals surface area contributed by atoms with Crippen molar-refractivity contribution in [1.29, 1.82) is 0 Å². The number of nitrogens with one attached hydrogen (secondary N) is 1. The molecule has 132 valence electrons. The fraction of sp³-hybridized carbons (Fsp3) is 0.500. The molecule has 0 bridgehead atoms. The Kier molecular flexibility index (Phi) is 5.29. The Balaban J connectivity index is 2.08. The van der Waals surface area contributed by atoms with E-state index in [1.54, 1.807) is 19.9 Å². The van der Waals surface area contributed by atoms with E-state index in [-0.39, 0.29) is 17.4 Å². The zero-order valence-corrected chi connectivity index (χ0v) is 14.8. The maximum absolute atomic E-state index is 12.4. The van der Waals surface area contributed by atoms with Crippen LogP contribution >= 0.6 is 0 Å². The van der Waals surface area contributed by atoms with Crippen LogP contribution in [0, 0.1) is 19.8 Å². The first-order valence-corrected chi connectivity index (χ1v) is 9.55. The molecule has 0 aliphatic carbocycles. The van der Waals surface area contributed by atoms with Crippen LogP contribution in [0.25, 0.3) is 0 Å². The van der Waals surface area contributed by atoms with Crippen LogP contribution in [0.4, 0.5) is 5.69 Å². The van der Waals surface area contributed by atoms with E-state index in [1.807, 2.05) is 0 Å². The first-order valence-electron chi connectivity index (χ1n) is 7.70. The minimum atomic E-state index is -3.22. The molecule has 1 amide bonds. The zero-order valence-electron chi connectivity index (χ0n) is 14.0. The summed E-state index contributed by atoms with van der Waals surface area (Å²) in [6.45, 7) is 4.16. The molecule has 1 heterocycles. The van der Waals surface area contributed by atoms with Crippen LogP contribution in [0.15, 0.2) is 12.1 Å². The molecule has 0 aromatic heterocycles. The molecule has 2 N–H and O–H groups in total. The van der Waals surface area contributed by atoms with Crippen molar-refractivity contribution in [2.75, 3.05) is 24.7 Å². The molecule has 1 aliphatic heterocycles. The quantitative estimate of drug-likeness (QED) is 0.855. The van der Waals surface area contributed by atoms with Crippen molar-refractivity contribution in [3.05, 3.63) is 28.8 Å². The topological polar surface area (TPSA) is 104 Å². The second kappa shape index (κ2) is 6.90. The Labute approximate surface area is 141 Å². The molecule has 1 fully saturated rings. The summed E-state index contributed by atoms with van der Waals surface area (Å²) in [5, 5.41) is 12.0. The molecule has 1 aliphatic rings. The van der Waals surface area contributed by atoms with E-state index in [0.717, 1.165) is 11.8 Å². The van der Waals surface area contributed by atoms with Crippen molar-refractivity contribution < 1.29 is 23.1 Å². The third kappa shape index (κ3) is 4.12. The number of sulfonamides is 1. The average Bonchev–Trinajstić information content (AvgIpc) is 2.48. The lowest BCUT2D eigenvalue weighted by Crippen LogP contribution is -2.40. The van der Waals surface area contributed by atoms with Gasteiger partial charge < -0.3 is 10.4 Å². The van der Waals surface area contributed by atoms with Gasteiger partial charge in [-0.1, -0.05) is 6.07 Å². The number of hydrogen-bond acceptors (Lipinski definition) is 4. The van der Waals surface area contributed by atoms with E-state index < -0.39 is 16.0 Å². The summed E-state index contributed by atoms with van der Waals surface area (Å²) in [4.78, 5) is 23.6. The second-order valence-corrected chi connectivity index (χ2v) is 8.20. The normalized spacial score (nSPS) is 16.8. The van der Waals surface area contributed by atoms with Crippen LogP contribution in [0.1, 0.15) is 34.3 Å². The summed E-state index contributed by atoms with van der Waals surface area (Å²) in [5.74, 6) is -1.52. The molecular formula is C16H22N2O5S. The van der Waals surface area contributed by atoms with E-state index in [4.69, 9.17) is 0 Å². The molecule has 1 aromatic rings. The first kappa shape index (κ1) is 18.4. The lowest BCUT2D eigenvalue weighted by Gasteiger charge is -2.29. The highest BCUT2D eigenvalue weighted by Crippen LogP contribution is 2.24. The number of piperidine rings is 1. The Morgan fingerprint density at radius 1 is 1.17 bits per heavy atom. The largest absolute Gasteiger partial charge is 0.478 e. The van der Waals surface area contributed by atoms with Gasteiger partial charge >= 0.3 is 5.97 Å². The van der Waals surface area contributed by atoms with Gasteiger partial charge in [-0.25, -0.2) is 17.5 Å². The Bertz CT molecular complexity index is 765. The number of hydrogen-bond donors (Lipinski definition) is 2. The highest BCUT2D eigenvalue weighted by molar-refractivity contribution is 7.88. The molecule has 0 atom stereocenters. The number of amides is 1. The minimum Gasteiger partial charge on any atom is -0.478 e.